The third kappa shape index (κ3) is 3.82. The second kappa shape index (κ2) is 7.82. The van der Waals surface area contributed by atoms with Crippen molar-refractivity contribution in [3.05, 3.63) is 46.8 Å². The van der Waals surface area contributed by atoms with Crippen molar-refractivity contribution in [2.45, 2.75) is 46.4 Å². The van der Waals surface area contributed by atoms with Crippen LogP contribution in [-0.2, 0) is 22.7 Å². The number of oxime groups is 1. The van der Waals surface area contributed by atoms with Crippen LogP contribution in [0.3, 0.4) is 0 Å². The summed E-state index contributed by atoms with van der Waals surface area (Å²) in [4.78, 5) is 19.9. The topological polar surface area (TPSA) is 69.0 Å². The van der Waals surface area contributed by atoms with Crippen LogP contribution in [-0.4, -0.2) is 46.6 Å². The van der Waals surface area contributed by atoms with Gasteiger partial charge in [-0.15, -0.1) is 0 Å². The largest absolute Gasteiger partial charge is 0.497 e. The molecular weight excluding hydrogens is 344 g/mol. The summed E-state index contributed by atoms with van der Waals surface area (Å²) in [6, 6.07) is 7.58. The van der Waals surface area contributed by atoms with E-state index in [0.29, 0.717) is 13.0 Å². The first-order valence-corrected chi connectivity index (χ1v) is 9.09. The van der Waals surface area contributed by atoms with Crippen molar-refractivity contribution in [1.82, 2.24) is 14.7 Å². The molecule has 2 heterocycles. The van der Waals surface area contributed by atoms with Crippen molar-refractivity contribution >= 4 is 11.6 Å². The Morgan fingerprint density at radius 3 is 2.63 bits per heavy atom. The first-order chi connectivity index (χ1) is 12.9. The lowest BCUT2D eigenvalue weighted by Crippen LogP contribution is -2.36. The average Bonchev–Trinajstić information content (AvgIpc) is 3.28. The van der Waals surface area contributed by atoms with Crippen LogP contribution in [0.1, 0.15) is 35.9 Å². The lowest BCUT2D eigenvalue weighted by molar-refractivity contribution is -0.141. The van der Waals surface area contributed by atoms with Crippen molar-refractivity contribution in [2.24, 2.45) is 5.16 Å². The zero-order valence-corrected chi connectivity index (χ0v) is 16.5. The van der Waals surface area contributed by atoms with Crippen molar-refractivity contribution in [3.8, 4) is 5.75 Å². The minimum atomic E-state index is -0.589. The van der Waals surface area contributed by atoms with Crippen LogP contribution in [0.5, 0.6) is 5.75 Å². The van der Waals surface area contributed by atoms with E-state index in [9.17, 15) is 4.79 Å². The van der Waals surface area contributed by atoms with E-state index in [1.54, 1.807) is 19.1 Å². The maximum atomic E-state index is 12.8. The Bertz CT molecular complexity index is 855. The van der Waals surface area contributed by atoms with Gasteiger partial charge in [0.1, 0.15) is 5.75 Å². The Morgan fingerprint density at radius 1 is 1.33 bits per heavy atom. The lowest BCUT2D eigenvalue weighted by atomic mass is 10.0. The van der Waals surface area contributed by atoms with Crippen LogP contribution >= 0.6 is 0 Å². The second-order valence-corrected chi connectivity index (χ2v) is 6.72. The monoisotopic (exact) mass is 370 g/mol. The predicted molar refractivity (Wildman–Crippen MR) is 103 cm³/mol. The van der Waals surface area contributed by atoms with Gasteiger partial charge < -0.3 is 14.5 Å². The molecule has 2 aromatic rings. The fraction of sp³-hybridized carbons (Fsp3) is 0.450. The highest BCUT2D eigenvalue weighted by molar-refractivity contribution is 6.04. The molecule has 0 N–H and O–H groups in total. The van der Waals surface area contributed by atoms with Crippen LogP contribution in [0.2, 0.25) is 0 Å². The Kier molecular flexibility index (Phi) is 5.48. The number of hydrogen-bond acceptors (Lipinski definition) is 5. The van der Waals surface area contributed by atoms with Gasteiger partial charge in [-0.25, -0.2) is 0 Å². The zero-order chi connectivity index (χ0) is 19.6. The highest BCUT2D eigenvalue weighted by Crippen LogP contribution is 2.22. The second-order valence-electron chi connectivity index (χ2n) is 6.72. The molecule has 1 aromatic heterocycles. The summed E-state index contributed by atoms with van der Waals surface area (Å²) in [6.45, 7) is 7.39. The first kappa shape index (κ1) is 18.9. The molecule has 0 bridgehead atoms. The van der Waals surface area contributed by atoms with Gasteiger partial charge in [-0.05, 0) is 50.6 Å². The molecule has 1 aromatic carbocycles. The van der Waals surface area contributed by atoms with E-state index in [-0.39, 0.29) is 5.91 Å². The highest BCUT2D eigenvalue weighted by atomic mass is 16.6. The minimum Gasteiger partial charge on any atom is -0.497 e. The van der Waals surface area contributed by atoms with Gasteiger partial charge in [0.15, 0.2) is 0 Å². The molecule has 1 aliphatic rings. The van der Waals surface area contributed by atoms with Crippen molar-refractivity contribution in [2.75, 3.05) is 14.2 Å². The molecule has 1 aliphatic heterocycles. The average molecular weight is 370 g/mol. The molecule has 1 amide bonds. The molecule has 0 saturated heterocycles. The van der Waals surface area contributed by atoms with Crippen molar-refractivity contribution < 1.29 is 14.4 Å². The van der Waals surface area contributed by atoms with E-state index in [0.717, 1.165) is 40.5 Å². The van der Waals surface area contributed by atoms with Gasteiger partial charge in [-0.1, -0.05) is 5.16 Å². The van der Waals surface area contributed by atoms with Gasteiger partial charge in [0.05, 0.1) is 18.5 Å². The molecular formula is C20H26N4O3. The molecule has 1 atom stereocenters. The zero-order valence-electron chi connectivity index (χ0n) is 16.5. The third-order valence-electron chi connectivity index (χ3n) is 4.97. The minimum absolute atomic E-state index is 0.0784. The summed E-state index contributed by atoms with van der Waals surface area (Å²) in [5.74, 6) is 0.703. The smallest absolute Gasteiger partial charge is 0.266 e. The molecule has 0 spiro atoms. The van der Waals surface area contributed by atoms with Crippen molar-refractivity contribution in [1.29, 1.82) is 0 Å². The van der Waals surface area contributed by atoms with Crippen molar-refractivity contribution in [3.63, 3.8) is 0 Å². The number of aromatic nitrogens is 2. The van der Waals surface area contributed by atoms with Crippen LogP contribution in [0.25, 0.3) is 0 Å². The van der Waals surface area contributed by atoms with Gasteiger partial charge in [0, 0.05) is 37.8 Å². The maximum absolute atomic E-state index is 12.8. The number of hydrogen-bond donors (Lipinski definition) is 0. The molecule has 27 heavy (non-hydrogen) atoms. The van der Waals surface area contributed by atoms with Crippen LogP contribution in [0, 0.1) is 13.8 Å². The van der Waals surface area contributed by atoms with E-state index < -0.39 is 6.10 Å². The summed E-state index contributed by atoms with van der Waals surface area (Å²) in [5, 5.41) is 8.64. The number of methoxy groups -OCH3 is 1. The van der Waals surface area contributed by atoms with Gasteiger partial charge in [0.25, 0.3) is 5.91 Å². The Balaban J connectivity index is 1.64. The normalized spacial score (nSPS) is 16.0. The van der Waals surface area contributed by atoms with Gasteiger partial charge in [-0.3, -0.25) is 9.48 Å². The Morgan fingerprint density at radius 2 is 2.04 bits per heavy atom. The molecule has 7 nitrogen and oxygen atoms in total. The molecule has 7 heteroatoms. The predicted octanol–water partition coefficient (Wildman–Crippen LogP) is 2.68. The van der Waals surface area contributed by atoms with Crippen LogP contribution in [0.15, 0.2) is 29.4 Å². The highest BCUT2D eigenvalue weighted by Gasteiger charge is 2.31. The molecule has 0 fully saturated rings. The quantitative estimate of drug-likeness (QED) is 0.784. The molecule has 3 rings (SSSR count). The first-order valence-electron chi connectivity index (χ1n) is 9.09. The standard InChI is InChI=1S/C20H26N4O3/c1-6-24-14(3)17(13(2)21-24)12-23(4)20(25)19-11-18(22-27-19)15-7-9-16(26-5)10-8-15/h7-10,19H,6,11-12H2,1-5H3. The number of aryl methyl sites for hydroxylation is 2. The van der Waals surface area contributed by atoms with E-state index in [4.69, 9.17) is 9.57 Å². The molecule has 1 unspecified atom stereocenters. The maximum Gasteiger partial charge on any atom is 0.266 e. The summed E-state index contributed by atoms with van der Waals surface area (Å²) in [7, 11) is 3.42. The number of ether oxygens (including phenoxy) is 1. The molecule has 0 radical (unpaired) electrons. The van der Waals surface area contributed by atoms with Crippen LogP contribution in [0.4, 0.5) is 0 Å². The number of likely N-dealkylation sites (N-methyl/N-ethyl adjacent to an activating group) is 1. The summed E-state index contributed by atoms with van der Waals surface area (Å²) < 4.78 is 7.13. The van der Waals surface area contributed by atoms with Gasteiger partial charge in [0.2, 0.25) is 6.10 Å². The fourth-order valence-corrected chi connectivity index (χ4v) is 3.30. The van der Waals surface area contributed by atoms with Gasteiger partial charge in [-0.2, -0.15) is 5.10 Å². The number of carbonyl (C=O) groups is 1. The van der Waals surface area contributed by atoms with Crippen LogP contribution < -0.4 is 4.74 Å². The molecule has 0 aliphatic carbocycles. The number of amides is 1. The number of benzene rings is 1. The van der Waals surface area contributed by atoms with Gasteiger partial charge >= 0.3 is 0 Å². The summed E-state index contributed by atoms with van der Waals surface area (Å²) in [6.07, 6.45) is -0.129. The summed E-state index contributed by atoms with van der Waals surface area (Å²) in [5.41, 5.74) is 4.84. The SMILES string of the molecule is CCn1nc(C)c(CN(C)C(=O)C2CC(c3ccc(OC)cc3)=NO2)c1C. The summed E-state index contributed by atoms with van der Waals surface area (Å²) >= 11 is 0. The lowest BCUT2D eigenvalue weighted by Gasteiger charge is -2.20. The molecule has 0 saturated carbocycles. The molecule has 144 valence electrons. The third-order valence-corrected chi connectivity index (χ3v) is 4.97. The fourth-order valence-electron chi connectivity index (χ4n) is 3.30. The Labute approximate surface area is 159 Å². The number of nitrogens with zero attached hydrogens (tertiary/aromatic N) is 4. The number of rotatable bonds is 6. The Hall–Kier alpha value is -2.83. The number of carbonyl (C=O) groups excluding carboxylic acids is 1. The van der Waals surface area contributed by atoms with E-state index >= 15 is 0 Å². The van der Waals surface area contributed by atoms with E-state index in [1.165, 1.54) is 0 Å². The van der Waals surface area contributed by atoms with E-state index in [1.807, 2.05) is 42.8 Å². The van der Waals surface area contributed by atoms with E-state index in [2.05, 4.69) is 17.2 Å².